The molecule has 0 amide bonds. The number of esters is 1. The predicted molar refractivity (Wildman–Crippen MR) is 63.9 cm³/mol. The Bertz CT molecular complexity index is 587. The first kappa shape index (κ1) is 11.6. The van der Waals surface area contributed by atoms with Crippen molar-refractivity contribution in [1.82, 2.24) is 14.8 Å². The van der Waals surface area contributed by atoms with Crippen molar-refractivity contribution in [3.63, 3.8) is 0 Å². The summed E-state index contributed by atoms with van der Waals surface area (Å²) in [7, 11) is 1.77. The van der Waals surface area contributed by atoms with Gasteiger partial charge in [0.05, 0.1) is 12.0 Å². The van der Waals surface area contributed by atoms with E-state index >= 15 is 0 Å². The predicted octanol–water partition coefficient (Wildman–Crippen LogP) is 1.76. The van der Waals surface area contributed by atoms with E-state index in [1.807, 2.05) is 19.9 Å². The molecule has 0 N–H and O–H groups in total. The fourth-order valence-corrected chi connectivity index (χ4v) is 1.93. The van der Waals surface area contributed by atoms with Gasteiger partial charge in [-0.25, -0.2) is 14.5 Å². The number of pyridine rings is 1. The lowest BCUT2D eigenvalue weighted by Crippen LogP contribution is -2.06. The SMILES string of the molecule is CCOC(=O)c1nn(C)c2nc(C)cc(C)c12. The maximum Gasteiger partial charge on any atom is 0.359 e. The second-order valence-electron chi connectivity index (χ2n) is 3.97. The lowest BCUT2D eigenvalue weighted by molar-refractivity contribution is 0.0520. The summed E-state index contributed by atoms with van der Waals surface area (Å²) in [5, 5.41) is 4.96. The van der Waals surface area contributed by atoms with E-state index in [4.69, 9.17) is 4.74 Å². The highest BCUT2D eigenvalue weighted by Crippen LogP contribution is 2.21. The van der Waals surface area contributed by atoms with Crippen LogP contribution >= 0.6 is 0 Å². The molecule has 0 spiro atoms. The smallest absolute Gasteiger partial charge is 0.359 e. The molecule has 2 rings (SSSR count). The molecule has 0 aliphatic rings. The molecule has 0 saturated carbocycles. The van der Waals surface area contributed by atoms with Crippen molar-refractivity contribution in [2.45, 2.75) is 20.8 Å². The summed E-state index contributed by atoms with van der Waals surface area (Å²) >= 11 is 0. The maximum atomic E-state index is 11.8. The number of hydrogen-bond acceptors (Lipinski definition) is 4. The molecule has 5 nitrogen and oxygen atoms in total. The fourth-order valence-electron chi connectivity index (χ4n) is 1.93. The standard InChI is InChI=1S/C12H15N3O2/c1-5-17-12(16)10-9-7(2)6-8(3)13-11(9)15(4)14-10/h6H,5H2,1-4H3. The molecule has 17 heavy (non-hydrogen) atoms. The van der Waals surface area contributed by atoms with Gasteiger partial charge in [0.1, 0.15) is 0 Å². The molecule has 2 heterocycles. The molecule has 0 unspecified atom stereocenters. The van der Waals surface area contributed by atoms with Crippen LogP contribution in [0.3, 0.4) is 0 Å². The van der Waals surface area contributed by atoms with Gasteiger partial charge in [-0.15, -0.1) is 0 Å². The van der Waals surface area contributed by atoms with Crippen molar-refractivity contribution >= 4 is 17.0 Å². The number of fused-ring (bicyclic) bond motifs is 1. The molecule has 0 aliphatic heterocycles. The van der Waals surface area contributed by atoms with Gasteiger partial charge in [0.2, 0.25) is 0 Å². The molecule has 0 bridgehead atoms. The minimum atomic E-state index is -0.396. The first-order valence-electron chi connectivity index (χ1n) is 5.52. The van der Waals surface area contributed by atoms with Gasteiger partial charge in [0.25, 0.3) is 0 Å². The zero-order valence-corrected chi connectivity index (χ0v) is 10.4. The zero-order valence-electron chi connectivity index (χ0n) is 10.4. The van der Waals surface area contributed by atoms with Crippen molar-refractivity contribution in [2.75, 3.05) is 6.61 Å². The minimum absolute atomic E-state index is 0.342. The number of rotatable bonds is 2. The summed E-state index contributed by atoms with van der Waals surface area (Å²) in [6, 6.07) is 1.94. The molecule has 0 fully saturated rings. The summed E-state index contributed by atoms with van der Waals surface area (Å²) < 4.78 is 6.60. The highest BCUT2D eigenvalue weighted by atomic mass is 16.5. The third-order valence-corrected chi connectivity index (χ3v) is 2.59. The van der Waals surface area contributed by atoms with E-state index in [0.717, 1.165) is 16.6 Å². The summed E-state index contributed by atoms with van der Waals surface area (Å²) in [6.45, 7) is 5.98. The van der Waals surface area contributed by atoms with Gasteiger partial charge in [0.15, 0.2) is 11.3 Å². The van der Waals surface area contributed by atoms with Crippen LogP contribution in [0.25, 0.3) is 11.0 Å². The quantitative estimate of drug-likeness (QED) is 0.742. The Morgan fingerprint density at radius 2 is 2.18 bits per heavy atom. The largest absolute Gasteiger partial charge is 0.461 e. The Kier molecular flexibility index (Phi) is 2.83. The normalized spacial score (nSPS) is 10.8. The van der Waals surface area contributed by atoms with Crippen LogP contribution in [0.1, 0.15) is 28.7 Å². The van der Waals surface area contributed by atoms with E-state index < -0.39 is 5.97 Å². The zero-order chi connectivity index (χ0) is 12.6. The Balaban J connectivity index is 2.70. The van der Waals surface area contributed by atoms with E-state index in [0.29, 0.717) is 17.9 Å². The third-order valence-electron chi connectivity index (χ3n) is 2.59. The van der Waals surface area contributed by atoms with Crippen molar-refractivity contribution < 1.29 is 9.53 Å². The number of carbonyl (C=O) groups excluding carboxylic acids is 1. The lowest BCUT2D eigenvalue weighted by Gasteiger charge is -2.01. The van der Waals surface area contributed by atoms with E-state index in [1.54, 1.807) is 18.7 Å². The van der Waals surface area contributed by atoms with Crippen LogP contribution in [0.4, 0.5) is 0 Å². The Morgan fingerprint density at radius 1 is 1.47 bits per heavy atom. The van der Waals surface area contributed by atoms with Crippen LogP contribution in [0.5, 0.6) is 0 Å². The average molecular weight is 233 g/mol. The minimum Gasteiger partial charge on any atom is -0.461 e. The molecular formula is C12H15N3O2. The number of hydrogen-bond donors (Lipinski definition) is 0. The lowest BCUT2D eigenvalue weighted by atomic mass is 10.1. The molecule has 0 atom stereocenters. The molecule has 0 saturated heterocycles. The molecule has 2 aromatic heterocycles. The number of aromatic nitrogens is 3. The van der Waals surface area contributed by atoms with E-state index in [9.17, 15) is 4.79 Å². The Hall–Kier alpha value is -1.91. The first-order chi connectivity index (χ1) is 8.04. The second-order valence-corrected chi connectivity index (χ2v) is 3.97. The number of nitrogens with zero attached hydrogens (tertiary/aromatic N) is 3. The number of carbonyl (C=O) groups is 1. The molecule has 0 aliphatic carbocycles. The van der Waals surface area contributed by atoms with Gasteiger partial charge in [-0.05, 0) is 32.4 Å². The van der Waals surface area contributed by atoms with Gasteiger partial charge in [-0.2, -0.15) is 5.10 Å². The average Bonchev–Trinajstić information content (AvgIpc) is 2.57. The van der Waals surface area contributed by atoms with E-state index in [2.05, 4.69) is 10.1 Å². The highest BCUT2D eigenvalue weighted by molar-refractivity contribution is 6.02. The van der Waals surface area contributed by atoms with Gasteiger partial charge < -0.3 is 4.74 Å². The summed E-state index contributed by atoms with van der Waals surface area (Å²) in [5.41, 5.74) is 2.96. The molecule has 0 aromatic carbocycles. The van der Waals surface area contributed by atoms with Gasteiger partial charge in [-0.1, -0.05) is 0 Å². The van der Waals surface area contributed by atoms with Crippen LogP contribution < -0.4 is 0 Å². The number of aryl methyl sites for hydroxylation is 3. The molecule has 5 heteroatoms. The van der Waals surface area contributed by atoms with E-state index in [-0.39, 0.29) is 0 Å². The molecule has 2 aromatic rings. The highest BCUT2D eigenvalue weighted by Gasteiger charge is 2.19. The van der Waals surface area contributed by atoms with Crippen molar-refractivity contribution in [3.05, 3.63) is 23.0 Å². The number of ether oxygens (including phenoxy) is 1. The Labute approximate surface area is 99.4 Å². The van der Waals surface area contributed by atoms with Crippen LogP contribution in [-0.2, 0) is 11.8 Å². The van der Waals surface area contributed by atoms with E-state index in [1.165, 1.54) is 0 Å². The second kappa shape index (κ2) is 4.16. The van der Waals surface area contributed by atoms with Crippen molar-refractivity contribution in [3.8, 4) is 0 Å². The Morgan fingerprint density at radius 3 is 2.82 bits per heavy atom. The van der Waals surface area contributed by atoms with Crippen molar-refractivity contribution in [2.24, 2.45) is 7.05 Å². The first-order valence-corrected chi connectivity index (χ1v) is 5.52. The fraction of sp³-hybridized carbons (Fsp3) is 0.417. The van der Waals surface area contributed by atoms with Crippen molar-refractivity contribution in [1.29, 1.82) is 0 Å². The van der Waals surface area contributed by atoms with Gasteiger partial charge in [0, 0.05) is 12.7 Å². The van der Waals surface area contributed by atoms with Crippen LogP contribution in [0.2, 0.25) is 0 Å². The molecular weight excluding hydrogens is 218 g/mol. The van der Waals surface area contributed by atoms with Crippen LogP contribution in [-0.4, -0.2) is 27.3 Å². The summed E-state index contributed by atoms with van der Waals surface area (Å²) in [4.78, 5) is 16.2. The van der Waals surface area contributed by atoms with Crippen LogP contribution in [0, 0.1) is 13.8 Å². The van der Waals surface area contributed by atoms with Gasteiger partial charge in [-0.3, -0.25) is 0 Å². The molecule has 0 radical (unpaired) electrons. The van der Waals surface area contributed by atoms with Crippen LogP contribution in [0.15, 0.2) is 6.07 Å². The third kappa shape index (κ3) is 1.88. The summed E-state index contributed by atoms with van der Waals surface area (Å²) in [5.74, 6) is -0.396. The molecule has 90 valence electrons. The maximum absolute atomic E-state index is 11.8. The topological polar surface area (TPSA) is 57.0 Å². The van der Waals surface area contributed by atoms with Gasteiger partial charge >= 0.3 is 5.97 Å². The summed E-state index contributed by atoms with van der Waals surface area (Å²) in [6.07, 6.45) is 0. The monoisotopic (exact) mass is 233 g/mol.